The maximum atomic E-state index is 9.37. The van der Waals surface area contributed by atoms with Gasteiger partial charge in [0.15, 0.2) is 0 Å². The van der Waals surface area contributed by atoms with E-state index in [0.717, 1.165) is 30.1 Å². The fourth-order valence-corrected chi connectivity index (χ4v) is 4.75. The van der Waals surface area contributed by atoms with Crippen LogP contribution in [0.1, 0.15) is 31.7 Å². The molecule has 0 amide bonds. The Balaban J connectivity index is 1.80. The normalized spacial score (nSPS) is 17.0. The SMILES string of the molecule is CCC(N(C)CC1CC1)N1c2ccccc2Sc2ccc(C#N)cc21. The first-order valence-corrected chi connectivity index (χ1v) is 9.83. The molecule has 1 saturated carbocycles. The molecule has 1 aliphatic heterocycles. The second kappa shape index (κ2) is 6.74. The molecule has 0 N–H and O–H groups in total. The average molecular weight is 350 g/mol. The van der Waals surface area contributed by atoms with Crippen molar-refractivity contribution >= 4 is 23.1 Å². The highest BCUT2D eigenvalue weighted by atomic mass is 32.2. The van der Waals surface area contributed by atoms with Crippen LogP contribution in [0.3, 0.4) is 0 Å². The lowest BCUT2D eigenvalue weighted by atomic mass is 10.1. The Morgan fingerprint density at radius 2 is 1.96 bits per heavy atom. The zero-order valence-corrected chi connectivity index (χ0v) is 15.6. The van der Waals surface area contributed by atoms with E-state index in [0.29, 0.717) is 6.17 Å². The Hall–Kier alpha value is -1.96. The van der Waals surface area contributed by atoms with Crippen LogP contribution in [0, 0.1) is 17.2 Å². The summed E-state index contributed by atoms with van der Waals surface area (Å²) in [6.45, 7) is 3.41. The summed E-state index contributed by atoms with van der Waals surface area (Å²) in [7, 11) is 2.24. The molecule has 1 aliphatic carbocycles. The van der Waals surface area contributed by atoms with Crippen molar-refractivity contribution in [2.24, 2.45) is 5.92 Å². The van der Waals surface area contributed by atoms with Crippen LogP contribution in [-0.2, 0) is 0 Å². The third-order valence-electron chi connectivity index (χ3n) is 5.11. The minimum Gasteiger partial charge on any atom is -0.323 e. The Kier molecular flexibility index (Phi) is 4.45. The lowest BCUT2D eigenvalue weighted by Gasteiger charge is -2.42. The van der Waals surface area contributed by atoms with Crippen LogP contribution in [0.4, 0.5) is 11.4 Å². The third-order valence-corrected chi connectivity index (χ3v) is 6.24. The maximum absolute atomic E-state index is 9.37. The molecular formula is C21H23N3S. The molecule has 1 fully saturated rings. The zero-order chi connectivity index (χ0) is 17.4. The van der Waals surface area contributed by atoms with Crippen molar-refractivity contribution in [3.05, 3.63) is 48.0 Å². The van der Waals surface area contributed by atoms with E-state index in [4.69, 9.17) is 0 Å². The molecule has 4 rings (SSSR count). The molecule has 3 nitrogen and oxygen atoms in total. The molecule has 2 aromatic carbocycles. The van der Waals surface area contributed by atoms with Crippen molar-refractivity contribution in [3.63, 3.8) is 0 Å². The second-order valence-electron chi connectivity index (χ2n) is 7.01. The molecular weight excluding hydrogens is 326 g/mol. The van der Waals surface area contributed by atoms with Gasteiger partial charge in [-0.15, -0.1) is 0 Å². The molecule has 2 aromatic rings. The Morgan fingerprint density at radius 3 is 2.68 bits per heavy atom. The molecule has 128 valence electrons. The van der Waals surface area contributed by atoms with Gasteiger partial charge in [-0.25, -0.2) is 0 Å². The van der Waals surface area contributed by atoms with E-state index in [1.165, 1.54) is 28.3 Å². The molecule has 0 radical (unpaired) electrons. The van der Waals surface area contributed by atoms with Crippen LogP contribution in [-0.4, -0.2) is 24.7 Å². The molecule has 2 aliphatic rings. The van der Waals surface area contributed by atoms with Gasteiger partial charge in [0, 0.05) is 16.3 Å². The van der Waals surface area contributed by atoms with E-state index in [2.05, 4.69) is 60.2 Å². The number of anilines is 2. The first kappa shape index (κ1) is 16.5. The van der Waals surface area contributed by atoms with Crippen LogP contribution in [0.5, 0.6) is 0 Å². The van der Waals surface area contributed by atoms with Gasteiger partial charge in [0.2, 0.25) is 0 Å². The van der Waals surface area contributed by atoms with Crippen molar-refractivity contribution in [2.75, 3.05) is 18.5 Å². The molecule has 1 heterocycles. The fourth-order valence-electron chi connectivity index (χ4n) is 3.69. The van der Waals surface area contributed by atoms with Gasteiger partial charge in [-0.1, -0.05) is 30.8 Å². The number of rotatable bonds is 5. The van der Waals surface area contributed by atoms with Gasteiger partial charge in [0.05, 0.1) is 29.2 Å². The predicted octanol–water partition coefficient (Wildman–Crippen LogP) is 5.24. The number of fused-ring (bicyclic) bond motifs is 2. The lowest BCUT2D eigenvalue weighted by Crippen LogP contribution is -2.45. The van der Waals surface area contributed by atoms with Crippen LogP contribution < -0.4 is 4.90 Å². The standard InChI is InChI=1S/C21H23N3S/c1-3-21(23(2)14-15-8-9-15)24-17-6-4-5-7-19(17)25-20-11-10-16(13-22)12-18(20)24/h4-7,10-12,15,21H,3,8-9,14H2,1-2H3. The lowest BCUT2D eigenvalue weighted by molar-refractivity contribution is 0.229. The summed E-state index contributed by atoms with van der Waals surface area (Å²) in [5, 5.41) is 9.37. The summed E-state index contributed by atoms with van der Waals surface area (Å²) < 4.78 is 0. The van der Waals surface area contributed by atoms with Gasteiger partial charge in [0.1, 0.15) is 0 Å². The van der Waals surface area contributed by atoms with E-state index in [1.54, 1.807) is 11.8 Å². The first-order valence-electron chi connectivity index (χ1n) is 9.01. The topological polar surface area (TPSA) is 30.3 Å². The zero-order valence-electron chi connectivity index (χ0n) is 14.8. The van der Waals surface area contributed by atoms with E-state index in [1.807, 2.05) is 12.1 Å². The summed E-state index contributed by atoms with van der Waals surface area (Å²) in [4.78, 5) is 7.46. The number of hydrogen-bond donors (Lipinski definition) is 0. The molecule has 0 spiro atoms. The Bertz CT molecular complexity index is 822. The largest absolute Gasteiger partial charge is 0.323 e. The van der Waals surface area contributed by atoms with Gasteiger partial charge >= 0.3 is 0 Å². The maximum Gasteiger partial charge on any atom is 0.0992 e. The van der Waals surface area contributed by atoms with Crippen molar-refractivity contribution in [1.82, 2.24) is 4.90 Å². The van der Waals surface area contributed by atoms with Crippen LogP contribution in [0.25, 0.3) is 0 Å². The Labute approximate surface area is 154 Å². The van der Waals surface area contributed by atoms with Crippen molar-refractivity contribution in [3.8, 4) is 6.07 Å². The Morgan fingerprint density at radius 1 is 1.20 bits per heavy atom. The smallest absolute Gasteiger partial charge is 0.0992 e. The van der Waals surface area contributed by atoms with Crippen LogP contribution >= 0.6 is 11.8 Å². The molecule has 25 heavy (non-hydrogen) atoms. The average Bonchev–Trinajstić information content (AvgIpc) is 3.45. The molecule has 0 bridgehead atoms. The summed E-state index contributed by atoms with van der Waals surface area (Å²) in [5.74, 6) is 0.860. The summed E-state index contributed by atoms with van der Waals surface area (Å²) in [5.41, 5.74) is 3.14. The molecule has 0 saturated heterocycles. The van der Waals surface area contributed by atoms with Gasteiger partial charge in [-0.3, -0.25) is 4.90 Å². The van der Waals surface area contributed by atoms with E-state index in [-0.39, 0.29) is 0 Å². The van der Waals surface area contributed by atoms with Crippen LogP contribution in [0.2, 0.25) is 0 Å². The van der Waals surface area contributed by atoms with Crippen molar-refractivity contribution in [2.45, 2.75) is 42.1 Å². The number of nitrogens with zero attached hydrogens (tertiary/aromatic N) is 3. The van der Waals surface area contributed by atoms with Crippen molar-refractivity contribution in [1.29, 1.82) is 5.26 Å². The van der Waals surface area contributed by atoms with Gasteiger partial charge in [-0.05, 0) is 62.6 Å². The number of hydrogen-bond acceptors (Lipinski definition) is 4. The summed E-state index contributed by atoms with van der Waals surface area (Å²) >= 11 is 1.80. The highest BCUT2D eigenvalue weighted by Gasteiger charge is 2.33. The fraction of sp³-hybridized carbons (Fsp3) is 0.381. The first-order chi connectivity index (χ1) is 12.2. The quantitative estimate of drug-likeness (QED) is 0.738. The van der Waals surface area contributed by atoms with Crippen molar-refractivity contribution < 1.29 is 0 Å². The minimum atomic E-state index is 0.301. The second-order valence-corrected chi connectivity index (χ2v) is 8.09. The van der Waals surface area contributed by atoms with E-state index in [9.17, 15) is 5.26 Å². The third kappa shape index (κ3) is 3.15. The summed E-state index contributed by atoms with van der Waals surface area (Å²) in [6.07, 6.45) is 4.07. The molecule has 4 heteroatoms. The highest BCUT2D eigenvalue weighted by Crippen LogP contribution is 2.49. The van der Waals surface area contributed by atoms with Gasteiger partial charge in [0.25, 0.3) is 0 Å². The van der Waals surface area contributed by atoms with Crippen LogP contribution in [0.15, 0.2) is 52.3 Å². The number of benzene rings is 2. The molecule has 1 atom stereocenters. The summed E-state index contributed by atoms with van der Waals surface area (Å²) in [6, 6.07) is 17.0. The van der Waals surface area contributed by atoms with E-state index >= 15 is 0 Å². The van der Waals surface area contributed by atoms with E-state index < -0.39 is 0 Å². The van der Waals surface area contributed by atoms with Gasteiger partial charge < -0.3 is 4.90 Å². The highest BCUT2D eigenvalue weighted by molar-refractivity contribution is 7.99. The predicted molar refractivity (Wildman–Crippen MR) is 103 cm³/mol. The molecule has 1 unspecified atom stereocenters. The minimum absolute atomic E-state index is 0.301. The van der Waals surface area contributed by atoms with Gasteiger partial charge in [-0.2, -0.15) is 5.26 Å². The number of nitriles is 1. The number of para-hydroxylation sites is 1. The monoisotopic (exact) mass is 349 g/mol. The molecule has 0 aromatic heterocycles.